The van der Waals surface area contributed by atoms with Gasteiger partial charge in [-0.05, 0) is 67.4 Å². The van der Waals surface area contributed by atoms with Crippen LogP contribution in [0.2, 0.25) is 0 Å². The van der Waals surface area contributed by atoms with Crippen LogP contribution in [0, 0.1) is 19.7 Å². The highest BCUT2D eigenvalue weighted by atomic mass is 19.1. The third kappa shape index (κ3) is 3.75. The van der Waals surface area contributed by atoms with Gasteiger partial charge in [0, 0.05) is 23.6 Å². The van der Waals surface area contributed by atoms with Gasteiger partial charge in [0.25, 0.3) is 5.91 Å². The molecular formula is C22H18FN5O. The van der Waals surface area contributed by atoms with E-state index in [0.29, 0.717) is 28.2 Å². The highest BCUT2D eigenvalue weighted by Crippen LogP contribution is 2.26. The molecule has 0 spiro atoms. The normalized spacial score (nSPS) is 10.7. The van der Waals surface area contributed by atoms with E-state index in [9.17, 15) is 9.18 Å². The van der Waals surface area contributed by atoms with Gasteiger partial charge >= 0.3 is 0 Å². The molecule has 4 aromatic rings. The zero-order valence-corrected chi connectivity index (χ0v) is 15.9. The summed E-state index contributed by atoms with van der Waals surface area (Å²) in [5, 5.41) is 11.1. The Bertz CT molecular complexity index is 1190. The molecule has 1 amide bonds. The largest absolute Gasteiger partial charge is 0.321 e. The second-order valence-corrected chi connectivity index (χ2v) is 6.70. The first-order valence-corrected chi connectivity index (χ1v) is 9.03. The van der Waals surface area contributed by atoms with Gasteiger partial charge in [-0.3, -0.25) is 9.78 Å². The molecule has 6 nitrogen and oxygen atoms in total. The molecule has 7 heteroatoms. The molecule has 0 aliphatic heterocycles. The summed E-state index contributed by atoms with van der Waals surface area (Å²) >= 11 is 0. The van der Waals surface area contributed by atoms with Crippen molar-refractivity contribution in [2.45, 2.75) is 13.8 Å². The quantitative estimate of drug-likeness (QED) is 0.565. The molecule has 0 aliphatic carbocycles. The Morgan fingerprint density at radius 2 is 1.93 bits per heavy atom. The van der Waals surface area contributed by atoms with Crippen LogP contribution >= 0.6 is 0 Å². The van der Waals surface area contributed by atoms with Crippen LogP contribution in [0.25, 0.3) is 16.9 Å². The van der Waals surface area contributed by atoms with Crippen LogP contribution in [0.4, 0.5) is 10.1 Å². The topological polar surface area (TPSA) is 72.7 Å². The number of carbonyl (C=O) groups excluding carboxylic acids is 1. The molecule has 0 unspecified atom stereocenters. The fourth-order valence-electron chi connectivity index (χ4n) is 3.05. The average molecular weight is 387 g/mol. The molecule has 0 saturated carbocycles. The number of benzene rings is 2. The van der Waals surface area contributed by atoms with Crippen LogP contribution in [-0.2, 0) is 0 Å². The van der Waals surface area contributed by atoms with Crippen molar-refractivity contribution in [1.82, 2.24) is 20.0 Å². The predicted molar refractivity (Wildman–Crippen MR) is 108 cm³/mol. The second-order valence-electron chi connectivity index (χ2n) is 6.70. The second kappa shape index (κ2) is 7.63. The van der Waals surface area contributed by atoms with Crippen LogP contribution in [-0.4, -0.2) is 25.9 Å². The van der Waals surface area contributed by atoms with E-state index in [0.717, 1.165) is 5.56 Å². The van der Waals surface area contributed by atoms with Crippen LogP contribution < -0.4 is 5.32 Å². The van der Waals surface area contributed by atoms with Crippen molar-refractivity contribution in [3.63, 3.8) is 0 Å². The van der Waals surface area contributed by atoms with Gasteiger partial charge in [0.05, 0.1) is 5.69 Å². The lowest BCUT2D eigenvalue weighted by Crippen LogP contribution is -2.14. The van der Waals surface area contributed by atoms with Crippen LogP contribution in [0.5, 0.6) is 0 Å². The smallest absolute Gasteiger partial charge is 0.278 e. The predicted octanol–water partition coefficient (Wildman–Crippen LogP) is 4.34. The Kier molecular flexibility index (Phi) is 4.87. The Labute approximate surface area is 167 Å². The van der Waals surface area contributed by atoms with Gasteiger partial charge in [-0.25, -0.2) is 9.07 Å². The number of nitrogens with zero attached hydrogens (tertiary/aromatic N) is 4. The van der Waals surface area contributed by atoms with Gasteiger partial charge in [0.1, 0.15) is 11.5 Å². The van der Waals surface area contributed by atoms with Gasteiger partial charge < -0.3 is 5.32 Å². The van der Waals surface area contributed by atoms with Gasteiger partial charge in [-0.2, -0.15) is 0 Å². The molecule has 1 N–H and O–H groups in total. The van der Waals surface area contributed by atoms with Crippen molar-refractivity contribution in [1.29, 1.82) is 0 Å². The number of halogens is 1. The minimum absolute atomic E-state index is 0.154. The molecule has 0 fully saturated rings. The Morgan fingerprint density at radius 3 is 2.66 bits per heavy atom. The minimum Gasteiger partial charge on any atom is -0.321 e. The SMILES string of the molecule is Cc1cccc(NC(=O)c2nnn(-c3ccc(F)c(C)c3)c2-c2cccnc2)c1. The average Bonchev–Trinajstić information content (AvgIpc) is 3.16. The number of anilines is 1. The summed E-state index contributed by atoms with van der Waals surface area (Å²) in [7, 11) is 0. The van der Waals surface area contributed by atoms with E-state index >= 15 is 0 Å². The van der Waals surface area contributed by atoms with Crippen LogP contribution in [0.1, 0.15) is 21.6 Å². The van der Waals surface area contributed by atoms with Crippen molar-refractivity contribution in [2.24, 2.45) is 0 Å². The number of hydrogen-bond donors (Lipinski definition) is 1. The molecule has 2 aromatic heterocycles. The lowest BCUT2D eigenvalue weighted by Gasteiger charge is -2.10. The summed E-state index contributed by atoms with van der Waals surface area (Å²) < 4.78 is 15.2. The number of hydrogen-bond acceptors (Lipinski definition) is 4. The van der Waals surface area contributed by atoms with Gasteiger partial charge in [-0.1, -0.05) is 17.3 Å². The molecular weight excluding hydrogens is 369 g/mol. The maximum absolute atomic E-state index is 13.7. The van der Waals surface area contributed by atoms with E-state index in [1.165, 1.54) is 10.7 Å². The van der Waals surface area contributed by atoms with E-state index in [4.69, 9.17) is 0 Å². The lowest BCUT2D eigenvalue weighted by atomic mass is 10.1. The fourth-order valence-corrected chi connectivity index (χ4v) is 3.05. The molecule has 0 atom stereocenters. The number of aryl methyl sites for hydroxylation is 2. The van der Waals surface area contributed by atoms with Gasteiger partial charge in [0.2, 0.25) is 0 Å². The summed E-state index contributed by atoms with van der Waals surface area (Å²) in [6.45, 7) is 3.62. The maximum Gasteiger partial charge on any atom is 0.278 e. The third-order valence-electron chi connectivity index (χ3n) is 4.48. The first kappa shape index (κ1) is 18.5. The summed E-state index contributed by atoms with van der Waals surface area (Å²) in [5.74, 6) is -0.700. The highest BCUT2D eigenvalue weighted by Gasteiger charge is 2.23. The Hall–Kier alpha value is -3.87. The van der Waals surface area contributed by atoms with Crippen molar-refractivity contribution >= 4 is 11.6 Å². The number of aromatic nitrogens is 4. The Morgan fingerprint density at radius 1 is 1.07 bits per heavy atom. The number of nitrogens with one attached hydrogen (secondary N) is 1. The summed E-state index contributed by atoms with van der Waals surface area (Å²) in [5.41, 5.74) is 4.08. The van der Waals surface area contributed by atoms with Crippen molar-refractivity contribution in [3.05, 3.63) is 89.6 Å². The molecule has 0 aliphatic rings. The number of rotatable bonds is 4. The van der Waals surface area contributed by atoms with E-state index in [2.05, 4.69) is 20.6 Å². The zero-order valence-electron chi connectivity index (χ0n) is 15.9. The zero-order chi connectivity index (χ0) is 20.4. The van der Waals surface area contributed by atoms with E-state index in [-0.39, 0.29) is 17.4 Å². The molecule has 0 saturated heterocycles. The molecule has 0 bridgehead atoms. The van der Waals surface area contributed by atoms with Crippen molar-refractivity contribution < 1.29 is 9.18 Å². The van der Waals surface area contributed by atoms with Gasteiger partial charge in [-0.15, -0.1) is 5.10 Å². The lowest BCUT2D eigenvalue weighted by molar-refractivity contribution is 0.102. The molecule has 4 rings (SSSR count). The number of amides is 1. The standard InChI is InChI=1S/C22H18FN5O/c1-14-5-3-7-17(11-14)25-22(29)20-21(16-6-4-10-24-13-16)28(27-26-20)18-8-9-19(23)15(2)12-18/h3-13H,1-2H3,(H,25,29). The van der Waals surface area contributed by atoms with Crippen molar-refractivity contribution in [2.75, 3.05) is 5.32 Å². The van der Waals surface area contributed by atoms with Crippen LogP contribution in [0.15, 0.2) is 67.0 Å². The first-order chi connectivity index (χ1) is 14.0. The maximum atomic E-state index is 13.7. The molecule has 0 radical (unpaired) electrons. The van der Waals surface area contributed by atoms with Crippen LogP contribution in [0.3, 0.4) is 0 Å². The highest BCUT2D eigenvalue weighted by molar-refractivity contribution is 6.06. The molecule has 144 valence electrons. The van der Waals surface area contributed by atoms with E-state index in [1.54, 1.807) is 37.5 Å². The van der Waals surface area contributed by atoms with E-state index in [1.807, 2.05) is 37.3 Å². The first-order valence-electron chi connectivity index (χ1n) is 9.03. The molecule has 29 heavy (non-hydrogen) atoms. The number of carbonyl (C=O) groups is 1. The summed E-state index contributed by atoms with van der Waals surface area (Å²) in [4.78, 5) is 17.1. The number of pyridine rings is 1. The molecule has 2 heterocycles. The fraction of sp³-hybridized carbons (Fsp3) is 0.0909. The van der Waals surface area contributed by atoms with E-state index < -0.39 is 0 Å². The van der Waals surface area contributed by atoms with Crippen molar-refractivity contribution in [3.8, 4) is 16.9 Å². The molecule has 2 aromatic carbocycles. The van der Waals surface area contributed by atoms with Gasteiger partial charge in [0.15, 0.2) is 5.69 Å². The monoisotopic (exact) mass is 387 g/mol. The minimum atomic E-state index is -0.389. The third-order valence-corrected chi connectivity index (χ3v) is 4.48. The Balaban J connectivity index is 1.81. The summed E-state index contributed by atoms with van der Waals surface area (Å²) in [6.07, 6.45) is 3.28. The summed E-state index contributed by atoms with van der Waals surface area (Å²) in [6, 6.07) is 15.7.